The first kappa shape index (κ1) is 8.97. The molecule has 0 aromatic heterocycles. The van der Waals surface area contributed by atoms with E-state index in [0.29, 0.717) is 6.04 Å². The largest absolute Gasteiger partial charge is 0.395 e. The first-order valence-electron chi connectivity index (χ1n) is 4.40. The normalized spacial score (nSPS) is 24.5. The second kappa shape index (κ2) is 4.70. The van der Waals surface area contributed by atoms with E-state index >= 15 is 0 Å². The van der Waals surface area contributed by atoms with Gasteiger partial charge in [-0.25, -0.2) is 0 Å². The van der Waals surface area contributed by atoms with Crippen LogP contribution in [0, 0.1) is 0 Å². The van der Waals surface area contributed by atoms with E-state index < -0.39 is 0 Å². The molecule has 0 saturated carbocycles. The molecule has 1 saturated heterocycles. The third-order valence-electron chi connectivity index (χ3n) is 2.26. The van der Waals surface area contributed by atoms with E-state index in [1.165, 1.54) is 6.42 Å². The van der Waals surface area contributed by atoms with Crippen LogP contribution in [0.4, 0.5) is 0 Å². The molecule has 3 nitrogen and oxygen atoms in total. The van der Waals surface area contributed by atoms with Gasteiger partial charge in [0, 0.05) is 19.1 Å². The minimum atomic E-state index is 0.278. The van der Waals surface area contributed by atoms with Gasteiger partial charge in [-0.3, -0.25) is 4.90 Å². The van der Waals surface area contributed by atoms with Crippen LogP contribution in [-0.4, -0.2) is 48.8 Å². The Labute approximate surface area is 68.4 Å². The van der Waals surface area contributed by atoms with Gasteiger partial charge in [-0.1, -0.05) is 0 Å². The molecule has 0 bridgehead atoms. The maximum absolute atomic E-state index is 8.92. The highest BCUT2D eigenvalue weighted by atomic mass is 16.3. The molecule has 0 aromatic carbocycles. The second-order valence-electron chi connectivity index (χ2n) is 3.17. The minimum Gasteiger partial charge on any atom is -0.395 e. The van der Waals surface area contributed by atoms with Gasteiger partial charge in [0.15, 0.2) is 0 Å². The summed E-state index contributed by atoms with van der Waals surface area (Å²) in [5, 5.41) is 12.2. The predicted molar refractivity (Wildman–Crippen MR) is 45.6 cm³/mol. The Hall–Kier alpha value is -0.120. The van der Waals surface area contributed by atoms with Crippen molar-refractivity contribution in [3.8, 4) is 0 Å². The minimum absolute atomic E-state index is 0.278. The third kappa shape index (κ3) is 2.77. The van der Waals surface area contributed by atoms with Gasteiger partial charge in [0.2, 0.25) is 0 Å². The molecular weight excluding hydrogens is 140 g/mol. The lowest BCUT2D eigenvalue weighted by Gasteiger charge is -2.25. The molecule has 1 aliphatic rings. The van der Waals surface area contributed by atoms with E-state index in [4.69, 9.17) is 5.11 Å². The molecule has 1 rings (SSSR count). The molecule has 1 aliphatic heterocycles. The van der Waals surface area contributed by atoms with Crippen molar-refractivity contribution in [2.45, 2.75) is 19.4 Å². The van der Waals surface area contributed by atoms with E-state index in [0.717, 1.165) is 26.2 Å². The van der Waals surface area contributed by atoms with Gasteiger partial charge in [0.1, 0.15) is 0 Å². The predicted octanol–water partition coefficient (Wildman–Crippen LogP) is -0.337. The average Bonchev–Trinajstić information content (AvgIpc) is 2.30. The van der Waals surface area contributed by atoms with Crippen LogP contribution in [0.2, 0.25) is 0 Å². The summed E-state index contributed by atoms with van der Waals surface area (Å²) >= 11 is 0. The van der Waals surface area contributed by atoms with Crippen LogP contribution in [0.25, 0.3) is 0 Å². The first-order chi connectivity index (χ1) is 5.34. The maximum atomic E-state index is 8.92. The van der Waals surface area contributed by atoms with Crippen molar-refractivity contribution in [2.24, 2.45) is 0 Å². The molecule has 3 heteroatoms. The number of nitrogens with zero attached hydrogens (tertiary/aromatic N) is 1. The highest BCUT2D eigenvalue weighted by Gasteiger charge is 2.13. The summed E-state index contributed by atoms with van der Waals surface area (Å²) < 4.78 is 0. The SMILES string of the molecule is C[C@H](CO)N1CCCNCC1. The number of nitrogens with one attached hydrogen (secondary N) is 1. The molecule has 11 heavy (non-hydrogen) atoms. The molecule has 0 aromatic rings. The molecule has 0 unspecified atom stereocenters. The van der Waals surface area contributed by atoms with Gasteiger partial charge >= 0.3 is 0 Å². The van der Waals surface area contributed by atoms with E-state index in [-0.39, 0.29) is 6.61 Å². The lowest BCUT2D eigenvalue weighted by Crippen LogP contribution is -2.38. The second-order valence-corrected chi connectivity index (χ2v) is 3.17. The fraction of sp³-hybridized carbons (Fsp3) is 1.00. The average molecular weight is 158 g/mol. The summed E-state index contributed by atoms with van der Waals surface area (Å²) in [5.74, 6) is 0. The molecule has 0 aliphatic carbocycles. The number of aliphatic hydroxyl groups excluding tert-OH is 1. The standard InChI is InChI=1S/C8H18N2O/c1-8(7-11)10-5-2-3-9-4-6-10/h8-9,11H,2-7H2,1H3/t8-/m1/s1. The van der Waals surface area contributed by atoms with Crippen LogP contribution in [0.15, 0.2) is 0 Å². The van der Waals surface area contributed by atoms with Crippen molar-refractivity contribution in [1.82, 2.24) is 10.2 Å². The molecule has 66 valence electrons. The van der Waals surface area contributed by atoms with Crippen LogP contribution >= 0.6 is 0 Å². The van der Waals surface area contributed by atoms with Crippen LogP contribution in [-0.2, 0) is 0 Å². The summed E-state index contributed by atoms with van der Waals surface area (Å²) in [4.78, 5) is 2.33. The van der Waals surface area contributed by atoms with Gasteiger partial charge in [-0.15, -0.1) is 0 Å². The Kier molecular flexibility index (Phi) is 3.83. The molecule has 0 spiro atoms. The van der Waals surface area contributed by atoms with E-state index in [9.17, 15) is 0 Å². The lowest BCUT2D eigenvalue weighted by atomic mass is 10.3. The summed E-state index contributed by atoms with van der Waals surface area (Å²) in [5.41, 5.74) is 0. The Balaban J connectivity index is 2.30. The van der Waals surface area contributed by atoms with Crippen LogP contribution < -0.4 is 5.32 Å². The van der Waals surface area contributed by atoms with E-state index in [1.54, 1.807) is 0 Å². The van der Waals surface area contributed by atoms with E-state index in [2.05, 4.69) is 17.1 Å². The summed E-state index contributed by atoms with van der Waals surface area (Å²) in [6.45, 7) is 6.72. The van der Waals surface area contributed by atoms with Gasteiger partial charge < -0.3 is 10.4 Å². The number of hydrogen-bond donors (Lipinski definition) is 2. The molecule has 1 heterocycles. The molecule has 0 amide bonds. The molecule has 1 fully saturated rings. The highest BCUT2D eigenvalue weighted by Crippen LogP contribution is 2.00. The summed E-state index contributed by atoms with van der Waals surface area (Å²) in [6.07, 6.45) is 1.20. The van der Waals surface area contributed by atoms with Crippen molar-refractivity contribution >= 4 is 0 Å². The number of rotatable bonds is 2. The van der Waals surface area contributed by atoms with Crippen molar-refractivity contribution in [1.29, 1.82) is 0 Å². The summed E-state index contributed by atoms with van der Waals surface area (Å²) in [7, 11) is 0. The van der Waals surface area contributed by atoms with Crippen molar-refractivity contribution in [3.05, 3.63) is 0 Å². The van der Waals surface area contributed by atoms with Gasteiger partial charge in [0.05, 0.1) is 6.61 Å². The quantitative estimate of drug-likeness (QED) is 0.577. The topological polar surface area (TPSA) is 35.5 Å². The molecule has 0 radical (unpaired) electrons. The van der Waals surface area contributed by atoms with Gasteiger partial charge in [-0.05, 0) is 26.4 Å². The molecule has 2 N–H and O–H groups in total. The van der Waals surface area contributed by atoms with E-state index in [1.807, 2.05) is 0 Å². The van der Waals surface area contributed by atoms with Crippen molar-refractivity contribution < 1.29 is 5.11 Å². The Morgan fingerprint density at radius 1 is 1.45 bits per heavy atom. The summed E-state index contributed by atoms with van der Waals surface area (Å²) in [6, 6.07) is 0.329. The van der Waals surface area contributed by atoms with Gasteiger partial charge in [-0.2, -0.15) is 0 Å². The third-order valence-corrected chi connectivity index (χ3v) is 2.26. The van der Waals surface area contributed by atoms with Crippen LogP contribution in [0.5, 0.6) is 0 Å². The first-order valence-corrected chi connectivity index (χ1v) is 4.40. The lowest BCUT2D eigenvalue weighted by molar-refractivity contribution is 0.141. The van der Waals surface area contributed by atoms with Crippen molar-refractivity contribution in [2.75, 3.05) is 32.8 Å². The Morgan fingerprint density at radius 2 is 2.27 bits per heavy atom. The van der Waals surface area contributed by atoms with Crippen LogP contribution in [0.1, 0.15) is 13.3 Å². The number of aliphatic hydroxyl groups is 1. The fourth-order valence-corrected chi connectivity index (χ4v) is 1.42. The zero-order valence-corrected chi connectivity index (χ0v) is 7.21. The Bertz CT molecular complexity index is 100. The van der Waals surface area contributed by atoms with Gasteiger partial charge in [0.25, 0.3) is 0 Å². The zero-order valence-electron chi connectivity index (χ0n) is 7.21. The maximum Gasteiger partial charge on any atom is 0.0584 e. The Morgan fingerprint density at radius 3 is 3.00 bits per heavy atom. The molecular formula is C8H18N2O. The monoisotopic (exact) mass is 158 g/mol. The highest BCUT2D eigenvalue weighted by molar-refractivity contribution is 4.70. The fourth-order valence-electron chi connectivity index (χ4n) is 1.42. The van der Waals surface area contributed by atoms with Crippen molar-refractivity contribution in [3.63, 3.8) is 0 Å². The smallest absolute Gasteiger partial charge is 0.0584 e. The zero-order chi connectivity index (χ0) is 8.10. The van der Waals surface area contributed by atoms with Crippen LogP contribution in [0.3, 0.4) is 0 Å². The number of hydrogen-bond acceptors (Lipinski definition) is 3. The molecule has 1 atom stereocenters.